The predicted molar refractivity (Wildman–Crippen MR) is 51.1 cm³/mol. The lowest BCUT2D eigenvalue weighted by atomic mass is 10.1. The zero-order valence-corrected chi connectivity index (χ0v) is 8.12. The maximum Gasteiger partial charge on any atom is 0.284 e. The molecule has 0 bridgehead atoms. The van der Waals surface area contributed by atoms with Crippen molar-refractivity contribution in [3.8, 4) is 0 Å². The van der Waals surface area contributed by atoms with E-state index in [1.807, 2.05) is 0 Å². The molecule has 14 heavy (non-hydrogen) atoms. The van der Waals surface area contributed by atoms with Crippen molar-refractivity contribution in [2.45, 2.75) is 38.5 Å². The van der Waals surface area contributed by atoms with Gasteiger partial charge in [0.25, 0.3) is 5.91 Å². The summed E-state index contributed by atoms with van der Waals surface area (Å²) in [6.07, 6.45) is 3.61. The van der Waals surface area contributed by atoms with Gasteiger partial charge in [0.2, 0.25) is 11.7 Å². The van der Waals surface area contributed by atoms with Crippen LogP contribution < -0.4 is 11.5 Å². The molecule has 0 aliphatic carbocycles. The predicted octanol–water partition coefficient (Wildman–Crippen LogP) is -0.133. The van der Waals surface area contributed by atoms with Gasteiger partial charge in [0, 0.05) is 12.8 Å². The molecule has 0 spiro atoms. The van der Waals surface area contributed by atoms with Crippen LogP contribution in [0.1, 0.15) is 38.5 Å². The van der Waals surface area contributed by atoms with Gasteiger partial charge in [0.15, 0.2) is 0 Å². The van der Waals surface area contributed by atoms with E-state index in [0.717, 1.165) is 19.3 Å². The number of ketones is 1. The highest BCUT2D eigenvalue weighted by Crippen LogP contribution is 2.05. The van der Waals surface area contributed by atoms with Gasteiger partial charge in [-0.2, -0.15) is 0 Å². The van der Waals surface area contributed by atoms with Crippen molar-refractivity contribution < 1.29 is 14.4 Å². The molecule has 5 heteroatoms. The molecule has 0 aliphatic rings. The molecule has 0 aromatic carbocycles. The number of hydrogen-bond acceptors (Lipinski definition) is 3. The summed E-state index contributed by atoms with van der Waals surface area (Å²) in [7, 11) is 0. The second-order valence-electron chi connectivity index (χ2n) is 3.17. The minimum Gasteiger partial charge on any atom is -0.370 e. The molecule has 0 fully saturated rings. The maximum absolute atomic E-state index is 10.7. The molecular formula is C9H16N2O3. The molecule has 0 heterocycles. The molecule has 0 saturated heterocycles. The summed E-state index contributed by atoms with van der Waals surface area (Å²) in [5.74, 6) is -1.71. The Morgan fingerprint density at radius 3 is 1.71 bits per heavy atom. The summed E-state index contributed by atoms with van der Waals surface area (Å²) in [6, 6.07) is 0. The number of amides is 2. The number of rotatable bonds is 8. The first-order valence-electron chi connectivity index (χ1n) is 4.65. The molecule has 0 saturated carbocycles. The highest BCUT2D eigenvalue weighted by Gasteiger charge is 2.07. The van der Waals surface area contributed by atoms with Gasteiger partial charge in [0.1, 0.15) is 0 Å². The van der Waals surface area contributed by atoms with Crippen molar-refractivity contribution >= 4 is 17.6 Å². The summed E-state index contributed by atoms with van der Waals surface area (Å²) in [6.45, 7) is 0. The van der Waals surface area contributed by atoms with Gasteiger partial charge < -0.3 is 11.5 Å². The summed E-state index contributed by atoms with van der Waals surface area (Å²) in [5, 5.41) is 0. The number of hydrogen-bond donors (Lipinski definition) is 2. The Bertz CT molecular complexity index is 226. The van der Waals surface area contributed by atoms with Crippen LogP contribution in [0.25, 0.3) is 0 Å². The Labute approximate surface area is 82.8 Å². The van der Waals surface area contributed by atoms with Crippen LogP contribution in [0.2, 0.25) is 0 Å². The van der Waals surface area contributed by atoms with Crippen LogP contribution in [0.3, 0.4) is 0 Å². The first kappa shape index (κ1) is 12.6. The van der Waals surface area contributed by atoms with Crippen LogP contribution in [0, 0.1) is 0 Å². The SMILES string of the molecule is NC(=O)CCCCCCC(=O)C(N)=O. The van der Waals surface area contributed by atoms with Gasteiger partial charge in [-0.15, -0.1) is 0 Å². The summed E-state index contributed by atoms with van der Waals surface area (Å²) in [4.78, 5) is 31.4. The molecule has 0 aliphatic heterocycles. The van der Waals surface area contributed by atoms with Crippen LogP contribution in [-0.2, 0) is 14.4 Å². The fourth-order valence-corrected chi connectivity index (χ4v) is 1.06. The zero-order valence-electron chi connectivity index (χ0n) is 8.12. The molecule has 2 amide bonds. The van der Waals surface area contributed by atoms with Gasteiger partial charge in [-0.3, -0.25) is 14.4 Å². The van der Waals surface area contributed by atoms with Gasteiger partial charge in [-0.1, -0.05) is 12.8 Å². The molecule has 0 aromatic heterocycles. The van der Waals surface area contributed by atoms with E-state index in [-0.39, 0.29) is 12.3 Å². The van der Waals surface area contributed by atoms with Crippen molar-refractivity contribution in [1.29, 1.82) is 0 Å². The number of Topliss-reactive ketones (excluding diaryl/α,β-unsaturated/α-hetero) is 1. The van der Waals surface area contributed by atoms with Crippen molar-refractivity contribution in [3.05, 3.63) is 0 Å². The number of unbranched alkanes of at least 4 members (excludes halogenated alkanes) is 3. The number of carbonyl (C=O) groups excluding carboxylic acids is 3. The quantitative estimate of drug-likeness (QED) is 0.421. The Morgan fingerprint density at radius 2 is 1.29 bits per heavy atom. The van der Waals surface area contributed by atoms with Crippen molar-refractivity contribution in [2.24, 2.45) is 11.5 Å². The third kappa shape index (κ3) is 7.27. The number of primary amides is 2. The fraction of sp³-hybridized carbons (Fsp3) is 0.667. The van der Waals surface area contributed by atoms with Gasteiger partial charge >= 0.3 is 0 Å². The average Bonchev–Trinajstić information content (AvgIpc) is 2.09. The van der Waals surface area contributed by atoms with Crippen molar-refractivity contribution in [2.75, 3.05) is 0 Å². The number of nitrogens with two attached hydrogens (primary N) is 2. The van der Waals surface area contributed by atoms with Gasteiger partial charge in [-0.05, 0) is 12.8 Å². The number of carbonyl (C=O) groups is 3. The molecule has 4 N–H and O–H groups in total. The average molecular weight is 200 g/mol. The van der Waals surface area contributed by atoms with Crippen molar-refractivity contribution in [1.82, 2.24) is 0 Å². The van der Waals surface area contributed by atoms with E-state index in [2.05, 4.69) is 0 Å². The Morgan fingerprint density at radius 1 is 0.786 bits per heavy atom. The fourth-order valence-electron chi connectivity index (χ4n) is 1.06. The first-order chi connectivity index (χ1) is 6.54. The Kier molecular flexibility index (Phi) is 6.36. The summed E-state index contributed by atoms with van der Waals surface area (Å²) < 4.78 is 0. The highest BCUT2D eigenvalue weighted by atomic mass is 16.2. The molecular weight excluding hydrogens is 184 g/mol. The second-order valence-corrected chi connectivity index (χ2v) is 3.17. The van der Waals surface area contributed by atoms with E-state index in [9.17, 15) is 14.4 Å². The molecule has 0 aromatic rings. The zero-order chi connectivity index (χ0) is 11.0. The largest absolute Gasteiger partial charge is 0.370 e. The second kappa shape index (κ2) is 7.06. The Balaban J connectivity index is 3.26. The monoisotopic (exact) mass is 200 g/mol. The van der Waals surface area contributed by atoms with Crippen LogP contribution in [-0.4, -0.2) is 17.6 Å². The van der Waals surface area contributed by atoms with Crippen LogP contribution in [0.5, 0.6) is 0 Å². The minimum absolute atomic E-state index is 0.200. The standard InChI is InChI=1S/C9H16N2O3/c10-8(13)6-4-2-1-3-5-7(12)9(11)14/h1-6H2,(H2,10,13)(H2,11,14). The topological polar surface area (TPSA) is 103 Å². The van der Waals surface area contributed by atoms with E-state index in [1.54, 1.807) is 0 Å². The third-order valence-corrected chi connectivity index (χ3v) is 1.85. The van der Waals surface area contributed by atoms with Crippen LogP contribution in [0.15, 0.2) is 0 Å². The van der Waals surface area contributed by atoms with E-state index in [0.29, 0.717) is 12.8 Å². The lowest BCUT2D eigenvalue weighted by molar-refractivity contribution is -0.136. The molecule has 0 radical (unpaired) electrons. The summed E-state index contributed by atoms with van der Waals surface area (Å²) >= 11 is 0. The first-order valence-corrected chi connectivity index (χ1v) is 4.65. The lowest BCUT2D eigenvalue weighted by Crippen LogP contribution is -2.22. The van der Waals surface area contributed by atoms with E-state index in [4.69, 9.17) is 11.5 Å². The van der Waals surface area contributed by atoms with Gasteiger partial charge in [-0.25, -0.2) is 0 Å². The third-order valence-electron chi connectivity index (χ3n) is 1.85. The van der Waals surface area contributed by atoms with Crippen LogP contribution in [0.4, 0.5) is 0 Å². The van der Waals surface area contributed by atoms with Crippen LogP contribution >= 0.6 is 0 Å². The highest BCUT2D eigenvalue weighted by molar-refractivity contribution is 6.35. The normalized spacial score (nSPS) is 9.71. The minimum atomic E-state index is -0.873. The molecule has 0 unspecified atom stereocenters. The lowest BCUT2D eigenvalue weighted by Gasteiger charge is -1.98. The van der Waals surface area contributed by atoms with E-state index >= 15 is 0 Å². The van der Waals surface area contributed by atoms with Gasteiger partial charge in [0.05, 0.1) is 0 Å². The Hall–Kier alpha value is -1.39. The van der Waals surface area contributed by atoms with E-state index in [1.165, 1.54) is 0 Å². The molecule has 80 valence electrons. The summed E-state index contributed by atoms with van der Waals surface area (Å²) in [5.41, 5.74) is 9.71. The molecule has 0 atom stereocenters. The maximum atomic E-state index is 10.7. The van der Waals surface area contributed by atoms with Crippen molar-refractivity contribution in [3.63, 3.8) is 0 Å². The van der Waals surface area contributed by atoms with E-state index < -0.39 is 11.7 Å². The smallest absolute Gasteiger partial charge is 0.284 e. The molecule has 0 rings (SSSR count). The molecule has 5 nitrogen and oxygen atoms in total.